The number of piperidine rings is 1. The number of nitrogens with zero attached hydrogens (tertiary/aromatic N) is 1. The third kappa shape index (κ3) is 2.97. The molecule has 0 aliphatic carbocycles. The Morgan fingerprint density at radius 1 is 1.38 bits per heavy atom. The maximum atomic E-state index is 12.6. The van der Waals surface area contributed by atoms with Gasteiger partial charge in [-0.3, -0.25) is 4.79 Å². The summed E-state index contributed by atoms with van der Waals surface area (Å²) in [6.45, 7) is 1.99. The number of hydrogen-bond acceptors (Lipinski definition) is 4. The Kier molecular flexibility index (Phi) is 4.01. The van der Waals surface area contributed by atoms with Crippen LogP contribution in [0.4, 0.5) is 0 Å². The molecule has 2 heterocycles. The third-order valence-electron chi connectivity index (χ3n) is 4.37. The number of amides is 1. The van der Waals surface area contributed by atoms with Crippen LogP contribution in [0.5, 0.6) is 11.5 Å². The van der Waals surface area contributed by atoms with E-state index >= 15 is 0 Å². The molecule has 1 aromatic carbocycles. The zero-order valence-electron chi connectivity index (χ0n) is 12.4. The molecule has 0 spiro atoms. The molecule has 2 N–H and O–H groups in total. The fraction of sp³-hybridized carbons (Fsp3) is 0.562. The zero-order valence-corrected chi connectivity index (χ0v) is 12.4. The van der Waals surface area contributed by atoms with Crippen LogP contribution in [0.25, 0.3) is 0 Å². The number of methoxy groups -OCH3 is 1. The molecule has 3 rings (SSSR count). The first-order valence-corrected chi connectivity index (χ1v) is 7.51. The summed E-state index contributed by atoms with van der Waals surface area (Å²) in [7, 11) is 1.64. The van der Waals surface area contributed by atoms with Crippen molar-refractivity contribution in [1.82, 2.24) is 4.90 Å². The average Bonchev–Trinajstić information content (AvgIpc) is 2.53. The van der Waals surface area contributed by atoms with Crippen LogP contribution in [0, 0.1) is 5.92 Å². The van der Waals surface area contributed by atoms with Crippen molar-refractivity contribution in [3.05, 3.63) is 23.8 Å². The van der Waals surface area contributed by atoms with Crippen LogP contribution in [-0.4, -0.2) is 43.7 Å². The van der Waals surface area contributed by atoms with E-state index in [4.69, 9.17) is 15.2 Å². The number of carbonyl (C=O) groups is 1. The highest BCUT2D eigenvalue weighted by molar-refractivity contribution is 5.80. The molecule has 5 nitrogen and oxygen atoms in total. The van der Waals surface area contributed by atoms with Gasteiger partial charge in [-0.1, -0.05) is 0 Å². The monoisotopic (exact) mass is 290 g/mol. The summed E-state index contributed by atoms with van der Waals surface area (Å²) in [4.78, 5) is 14.5. The van der Waals surface area contributed by atoms with Crippen LogP contribution < -0.4 is 15.2 Å². The summed E-state index contributed by atoms with van der Waals surface area (Å²) in [5.74, 6) is 1.75. The molecule has 2 aliphatic rings. The van der Waals surface area contributed by atoms with E-state index in [1.54, 1.807) is 7.11 Å². The van der Waals surface area contributed by atoms with Crippen molar-refractivity contribution in [3.63, 3.8) is 0 Å². The fourth-order valence-electron chi connectivity index (χ4n) is 3.03. The summed E-state index contributed by atoms with van der Waals surface area (Å²) in [5, 5.41) is 0. The first-order chi connectivity index (χ1) is 10.2. The Bertz CT molecular complexity index is 524. The highest BCUT2D eigenvalue weighted by atomic mass is 16.5. The Balaban J connectivity index is 1.69. The van der Waals surface area contributed by atoms with Crippen molar-refractivity contribution in [2.24, 2.45) is 11.7 Å². The lowest BCUT2D eigenvalue weighted by Crippen LogP contribution is -2.47. The molecular formula is C16H22N2O3. The second-order valence-corrected chi connectivity index (χ2v) is 5.85. The standard InChI is InChI=1S/C16H22N2O3/c1-20-14-2-3-15-11(9-14)8-12(10-21-15)16(19)18-6-4-13(17)5-7-18/h2-3,9,12-13H,4-8,10,17H2,1H3. The van der Waals surface area contributed by atoms with Gasteiger partial charge < -0.3 is 20.1 Å². The van der Waals surface area contributed by atoms with Gasteiger partial charge in [-0.25, -0.2) is 0 Å². The smallest absolute Gasteiger partial charge is 0.229 e. The lowest BCUT2D eigenvalue weighted by molar-refractivity contribution is -0.137. The number of nitrogens with two attached hydrogens (primary N) is 1. The van der Waals surface area contributed by atoms with Crippen molar-refractivity contribution in [1.29, 1.82) is 0 Å². The van der Waals surface area contributed by atoms with E-state index in [1.165, 1.54) is 0 Å². The molecule has 2 aliphatic heterocycles. The molecule has 0 radical (unpaired) electrons. The van der Waals surface area contributed by atoms with Gasteiger partial charge in [0.15, 0.2) is 0 Å². The summed E-state index contributed by atoms with van der Waals surface area (Å²) >= 11 is 0. The quantitative estimate of drug-likeness (QED) is 0.889. The van der Waals surface area contributed by atoms with E-state index in [0.29, 0.717) is 13.0 Å². The van der Waals surface area contributed by atoms with Crippen molar-refractivity contribution in [2.75, 3.05) is 26.8 Å². The minimum absolute atomic E-state index is 0.0982. The minimum Gasteiger partial charge on any atom is -0.497 e. The Morgan fingerprint density at radius 2 is 2.14 bits per heavy atom. The molecule has 1 fully saturated rings. The molecule has 114 valence electrons. The number of benzene rings is 1. The van der Waals surface area contributed by atoms with Crippen LogP contribution >= 0.6 is 0 Å². The second kappa shape index (κ2) is 5.93. The lowest BCUT2D eigenvalue weighted by Gasteiger charge is -2.34. The second-order valence-electron chi connectivity index (χ2n) is 5.85. The molecule has 5 heteroatoms. The van der Waals surface area contributed by atoms with Gasteiger partial charge in [-0.2, -0.15) is 0 Å². The Labute approximate surface area is 125 Å². The van der Waals surface area contributed by atoms with E-state index in [-0.39, 0.29) is 17.9 Å². The van der Waals surface area contributed by atoms with Crippen molar-refractivity contribution in [2.45, 2.75) is 25.3 Å². The maximum absolute atomic E-state index is 12.6. The fourth-order valence-corrected chi connectivity index (χ4v) is 3.03. The lowest BCUT2D eigenvalue weighted by atomic mass is 9.94. The molecule has 0 saturated carbocycles. The van der Waals surface area contributed by atoms with Gasteiger partial charge in [0.1, 0.15) is 18.1 Å². The van der Waals surface area contributed by atoms with Crippen molar-refractivity contribution in [3.8, 4) is 11.5 Å². The third-order valence-corrected chi connectivity index (χ3v) is 4.37. The molecule has 1 unspecified atom stereocenters. The normalized spacial score (nSPS) is 22.4. The number of carbonyl (C=O) groups excluding carboxylic acids is 1. The molecule has 0 bridgehead atoms. The van der Waals surface area contributed by atoms with Gasteiger partial charge in [0.2, 0.25) is 5.91 Å². The molecular weight excluding hydrogens is 268 g/mol. The summed E-state index contributed by atoms with van der Waals surface area (Å²) < 4.78 is 11.0. The van der Waals surface area contributed by atoms with E-state index in [2.05, 4.69) is 0 Å². The van der Waals surface area contributed by atoms with Gasteiger partial charge in [0.05, 0.1) is 13.0 Å². The zero-order chi connectivity index (χ0) is 14.8. The van der Waals surface area contributed by atoms with Crippen LogP contribution in [0.1, 0.15) is 18.4 Å². The number of ether oxygens (including phenoxy) is 2. The van der Waals surface area contributed by atoms with E-state index < -0.39 is 0 Å². The van der Waals surface area contributed by atoms with Crippen molar-refractivity contribution >= 4 is 5.91 Å². The summed E-state index contributed by atoms with van der Waals surface area (Å²) in [6.07, 6.45) is 2.50. The van der Waals surface area contributed by atoms with Gasteiger partial charge in [0.25, 0.3) is 0 Å². The van der Waals surface area contributed by atoms with Gasteiger partial charge in [-0.15, -0.1) is 0 Å². The van der Waals surface area contributed by atoms with Gasteiger partial charge in [-0.05, 0) is 43.0 Å². The molecule has 1 saturated heterocycles. The Hall–Kier alpha value is -1.75. The summed E-state index contributed by atoms with van der Waals surface area (Å²) in [6, 6.07) is 5.99. The minimum atomic E-state index is -0.0982. The highest BCUT2D eigenvalue weighted by Crippen LogP contribution is 2.31. The average molecular weight is 290 g/mol. The summed E-state index contributed by atoms with van der Waals surface area (Å²) in [5.41, 5.74) is 6.94. The topological polar surface area (TPSA) is 64.8 Å². The molecule has 1 amide bonds. The first-order valence-electron chi connectivity index (χ1n) is 7.51. The predicted octanol–water partition coefficient (Wildman–Crippen LogP) is 1.20. The van der Waals surface area contributed by atoms with E-state index in [0.717, 1.165) is 43.0 Å². The number of rotatable bonds is 2. The molecule has 0 aromatic heterocycles. The number of likely N-dealkylation sites (tertiary alicyclic amines) is 1. The van der Waals surface area contributed by atoms with E-state index in [9.17, 15) is 4.79 Å². The van der Waals surface area contributed by atoms with Gasteiger partial charge >= 0.3 is 0 Å². The predicted molar refractivity (Wildman–Crippen MR) is 79.5 cm³/mol. The van der Waals surface area contributed by atoms with Crippen LogP contribution in [-0.2, 0) is 11.2 Å². The van der Waals surface area contributed by atoms with E-state index in [1.807, 2.05) is 23.1 Å². The van der Waals surface area contributed by atoms with Crippen LogP contribution in [0.2, 0.25) is 0 Å². The molecule has 21 heavy (non-hydrogen) atoms. The van der Waals surface area contributed by atoms with Crippen LogP contribution in [0.3, 0.4) is 0 Å². The molecule has 1 aromatic rings. The number of hydrogen-bond donors (Lipinski definition) is 1. The van der Waals surface area contributed by atoms with Gasteiger partial charge in [0, 0.05) is 19.1 Å². The Morgan fingerprint density at radius 3 is 2.86 bits per heavy atom. The van der Waals surface area contributed by atoms with Crippen molar-refractivity contribution < 1.29 is 14.3 Å². The largest absolute Gasteiger partial charge is 0.497 e. The maximum Gasteiger partial charge on any atom is 0.229 e. The SMILES string of the molecule is COc1ccc2c(c1)CC(C(=O)N1CCC(N)CC1)CO2. The highest BCUT2D eigenvalue weighted by Gasteiger charge is 2.31. The van der Waals surface area contributed by atoms with Crippen LogP contribution in [0.15, 0.2) is 18.2 Å². The first kappa shape index (κ1) is 14.2. The molecule has 1 atom stereocenters. The number of fused-ring (bicyclic) bond motifs is 1.